The topological polar surface area (TPSA) is 75.4 Å². The lowest BCUT2D eigenvalue weighted by atomic mass is 9.85. The number of aliphatic hydroxyl groups excluding tert-OH is 1. The fourth-order valence-electron chi connectivity index (χ4n) is 2.37. The molecule has 1 aromatic heterocycles. The van der Waals surface area contributed by atoms with Crippen LogP contribution in [-0.4, -0.2) is 28.6 Å². The van der Waals surface area contributed by atoms with Crippen molar-refractivity contribution in [2.24, 2.45) is 5.92 Å². The molecule has 5 nitrogen and oxygen atoms in total. The number of nitrogens with zero attached hydrogens (tertiary/aromatic N) is 1. The maximum Gasteiger partial charge on any atom is 0.289 e. The number of aromatic nitrogens is 1. The van der Waals surface area contributed by atoms with E-state index in [0.717, 1.165) is 25.7 Å². The summed E-state index contributed by atoms with van der Waals surface area (Å²) in [4.78, 5) is 15.8. The van der Waals surface area contributed by atoms with Gasteiger partial charge in [0, 0.05) is 18.6 Å². The Morgan fingerprint density at radius 2 is 2.35 bits per heavy atom. The third kappa shape index (κ3) is 2.66. The normalized spacial score (nSPS) is 24.6. The molecule has 94 valence electrons. The number of carbonyl (C=O) groups is 1. The van der Waals surface area contributed by atoms with Crippen molar-refractivity contribution in [3.05, 3.63) is 17.8 Å². The molecule has 1 aliphatic rings. The number of carbonyl (C=O) groups excluding carboxylic acids is 1. The lowest BCUT2D eigenvalue weighted by Crippen LogP contribution is -2.43. The summed E-state index contributed by atoms with van der Waals surface area (Å²) in [5.41, 5.74) is 0.596. The Kier molecular flexibility index (Phi) is 3.78. The van der Waals surface area contributed by atoms with Gasteiger partial charge in [0.1, 0.15) is 0 Å². The van der Waals surface area contributed by atoms with Crippen LogP contribution in [0.15, 0.2) is 10.8 Å². The standard InChI is InChI=1S/C12H18N2O3/c1-8-11(17-7-13-8)12(16)14-10-5-3-2-4-9(10)6-15/h7,9-10,15H,2-6H2,1H3,(H,14,16). The monoisotopic (exact) mass is 238 g/mol. The fraction of sp³-hybridized carbons (Fsp3) is 0.667. The average Bonchev–Trinajstić information content (AvgIpc) is 2.76. The number of rotatable bonds is 3. The molecule has 1 fully saturated rings. The molecule has 1 saturated carbocycles. The van der Waals surface area contributed by atoms with Gasteiger partial charge in [-0.25, -0.2) is 4.98 Å². The van der Waals surface area contributed by atoms with Crippen LogP contribution in [0.25, 0.3) is 0 Å². The van der Waals surface area contributed by atoms with Crippen LogP contribution in [0.3, 0.4) is 0 Å². The van der Waals surface area contributed by atoms with Crippen LogP contribution in [0.5, 0.6) is 0 Å². The minimum Gasteiger partial charge on any atom is -0.438 e. The van der Waals surface area contributed by atoms with Gasteiger partial charge >= 0.3 is 0 Å². The van der Waals surface area contributed by atoms with E-state index in [-0.39, 0.29) is 30.2 Å². The van der Waals surface area contributed by atoms with Crippen molar-refractivity contribution in [3.63, 3.8) is 0 Å². The first-order valence-corrected chi connectivity index (χ1v) is 6.04. The predicted molar refractivity (Wildman–Crippen MR) is 61.5 cm³/mol. The summed E-state index contributed by atoms with van der Waals surface area (Å²) in [5.74, 6) is 0.202. The highest BCUT2D eigenvalue weighted by molar-refractivity contribution is 5.92. The largest absolute Gasteiger partial charge is 0.438 e. The van der Waals surface area contributed by atoms with Crippen LogP contribution >= 0.6 is 0 Å². The quantitative estimate of drug-likeness (QED) is 0.831. The predicted octanol–water partition coefficient (Wildman–Crippen LogP) is 1.26. The summed E-state index contributed by atoms with van der Waals surface area (Å²) in [7, 11) is 0. The van der Waals surface area contributed by atoms with Gasteiger partial charge in [-0.15, -0.1) is 0 Å². The van der Waals surface area contributed by atoms with Crippen molar-refractivity contribution in [1.29, 1.82) is 0 Å². The van der Waals surface area contributed by atoms with Gasteiger partial charge in [-0.3, -0.25) is 4.79 Å². The van der Waals surface area contributed by atoms with Gasteiger partial charge in [-0.2, -0.15) is 0 Å². The highest BCUT2D eigenvalue weighted by atomic mass is 16.3. The molecule has 0 aliphatic heterocycles. The second kappa shape index (κ2) is 5.31. The Balaban J connectivity index is 2.00. The smallest absolute Gasteiger partial charge is 0.289 e. The van der Waals surface area contributed by atoms with Crippen molar-refractivity contribution in [3.8, 4) is 0 Å². The minimum absolute atomic E-state index is 0.0470. The molecule has 0 saturated heterocycles. The number of nitrogens with one attached hydrogen (secondary N) is 1. The van der Waals surface area contributed by atoms with E-state index in [0.29, 0.717) is 5.69 Å². The molecule has 2 atom stereocenters. The molecule has 0 aromatic carbocycles. The fourth-order valence-corrected chi connectivity index (χ4v) is 2.37. The zero-order valence-electron chi connectivity index (χ0n) is 9.98. The number of hydrogen-bond donors (Lipinski definition) is 2. The van der Waals surface area contributed by atoms with Crippen molar-refractivity contribution >= 4 is 5.91 Å². The Bertz CT molecular complexity index is 389. The van der Waals surface area contributed by atoms with Gasteiger partial charge in [0.25, 0.3) is 5.91 Å². The molecule has 2 unspecified atom stereocenters. The summed E-state index contributed by atoms with van der Waals surface area (Å²) in [6.07, 6.45) is 5.38. The van der Waals surface area contributed by atoms with E-state index in [4.69, 9.17) is 4.42 Å². The Morgan fingerprint density at radius 3 is 3.00 bits per heavy atom. The molecule has 1 heterocycles. The first-order chi connectivity index (χ1) is 8.22. The maximum absolute atomic E-state index is 11.9. The van der Waals surface area contributed by atoms with Gasteiger partial charge in [0.2, 0.25) is 5.76 Å². The summed E-state index contributed by atoms with van der Waals surface area (Å²) in [5, 5.41) is 12.2. The van der Waals surface area contributed by atoms with Crippen molar-refractivity contribution < 1.29 is 14.3 Å². The van der Waals surface area contributed by atoms with Crippen LogP contribution in [0.2, 0.25) is 0 Å². The molecular formula is C12H18N2O3. The Labute approximate surface area is 100 Å². The zero-order chi connectivity index (χ0) is 12.3. The van der Waals surface area contributed by atoms with Crippen molar-refractivity contribution in [1.82, 2.24) is 10.3 Å². The molecule has 1 amide bonds. The molecule has 0 radical (unpaired) electrons. The summed E-state index contributed by atoms with van der Waals surface area (Å²) >= 11 is 0. The van der Waals surface area contributed by atoms with Crippen LogP contribution in [0.4, 0.5) is 0 Å². The van der Waals surface area contributed by atoms with Gasteiger partial charge < -0.3 is 14.8 Å². The van der Waals surface area contributed by atoms with Gasteiger partial charge in [0.15, 0.2) is 6.39 Å². The number of hydrogen-bond acceptors (Lipinski definition) is 4. The molecule has 2 N–H and O–H groups in total. The second-order valence-electron chi connectivity index (χ2n) is 4.57. The number of aliphatic hydroxyl groups is 1. The molecule has 0 spiro atoms. The lowest BCUT2D eigenvalue weighted by Gasteiger charge is -2.30. The van der Waals surface area contributed by atoms with Crippen LogP contribution in [0.1, 0.15) is 41.9 Å². The molecule has 5 heteroatoms. The van der Waals surface area contributed by atoms with Crippen LogP contribution in [-0.2, 0) is 0 Å². The van der Waals surface area contributed by atoms with E-state index in [9.17, 15) is 9.90 Å². The van der Waals surface area contributed by atoms with Gasteiger partial charge in [0.05, 0.1) is 5.69 Å². The first kappa shape index (κ1) is 12.1. The summed E-state index contributed by atoms with van der Waals surface area (Å²) in [6.45, 7) is 1.86. The first-order valence-electron chi connectivity index (χ1n) is 6.04. The van der Waals surface area contributed by atoms with E-state index in [2.05, 4.69) is 10.3 Å². The number of amides is 1. The SMILES string of the molecule is Cc1ncoc1C(=O)NC1CCCCC1CO. The Morgan fingerprint density at radius 1 is 1.59 bits per heavy atom. The van der Waals surface area contributed by atoms with Gasteiger partial charge in [-0.05, 0) is 19.8 Å². The molecule has 1 aromatic rings. The second-order valence-corrected chi connectivity index (χ2v) is 4.57. The zero-order valence-corrected chi connectivity index (χ0v) is 9.98. The summed E-state index contributed by atoms with van der Waals surface area (Å²) in [6, 6.07) is 0.0470. The molecule has 1 aliphatic carbocycles. The number of oxazole rings is 1. The van der Waals surface area contributed by atoms with Crippen LogP contribution in [0, 0.1) is 12.8 Å². The van der Waals surface area contributed by atoms with E-state index in [1.54, 1.807) is 6.92 Å². The lowest BCUT2D eigenvalue weighted by molar-refractivity contribution is 0.0844. The van der Waals surface area contributed by atoms with Gasteiger partial charge in [-0.1, -0.05) is 12.8 Å². The highest BCUT2D eigenvalue weighted by Crippen LogP contribution is 2.24. The van der Waals surface area contributed by atoms with E-state index < -0.39 is 0 Å². The minimum atomic E-state index is -0.231. The molecule has 2 rings (SSSR count). The maximum atomic E-state index is 11.9. The van der Waals surface area contributed by atoms with E-state index in [1.165, 1.54) is 6.39 Å². The molecular weight excluding hydrogens is 220 g/mol. The van der Waals surface area contributed by atoms with Crippen molar-refractivity contribution in [2.45, 2.75) is 38.6 Å². The summed E-state index contributed by atoms with van der Waals surface area (Å²) < 4.78 is 5.05. The van der Waals surface area contributed by atoms with E-state index in [1.807, 2.05) is 0 Å². The van der Waals surface area contributed by atoms with E-state index >= 15 is 0 Å². The third-order valence-corrected chi connectivity index (χ3v) is 3.41. The molecule has 17 heavy (non-hydrogen) atoms. The average molecular weight is 238 g/mol. The molecule has 0 bridgehead atoms. The highest BCUT2D eigenvalue weighted by Gasteiger charge is 2.27. The Hall–Kier alpha value is -1.36. The van der Waals surface area contributed by atoms with Crippen LogP contribution < -0.4 is 5.32 Å². The number of aryl methyl sites for hydroxylation is 1. The third-order valence-electron chi connectivity index (χ3n) is 3.41. The van der Waals surface area contributed by atoms with Crippen molar-refractivity contribution in [2.75, 3.05) is 6.61 Å².